The summed E-state index contributed by atoms with van der Waals surface area (Å²) in [5, 5.41) is 19.9. The Morgan fingerprint density at radius 2 is 1.97 bits per heavy atom. The Bertz CT molecular complexity index is 1100. The van der Waals surface area contributed by atoms with Crippen molar-refractivity contribution in [3.63, 3.8) is 0 Å². The molecule has 0 spiro atoms. The molecule has 3 aromatic rings. The van der Waals surface area contributed by atoms with Gasteiger partial charge in [-0.2, -0.15) is 5.10 Å². The Labute approximate surface area is 211 Å². The van der Waals surface area contributed by atoms with Crippen LogP contribution in [0.15, 0.2) is 31.0 Å². The monoisotopic (exact) mass is 499 g/mol. The summed E-state index contributed by atoms with van der Waals surface area (Å²) in [5.41, 5.74) is 2.45. The summed E-state index contributed by atoms with van der Waals surface area (Å²) in [4.78, 5) is 11.7. The molecule has 1 saturated heterocycles. The fraction of sp³-hybridized carbons (Fsp3) is 0.600. The fourth-order valence-electron chi connectivity index (χ4n) is 4.10. The first-order valence-electron chi connectivity index (χ1n) is 12.7. The maximum atomic E-state index is 11.7. The van der Waals surface area contributed by atoms with Crippen molar-refractivity contribution in [1.82, 2.24) is 29.9 Å². The van der Waals surface area contributed by atoms with Gasteiger partial charge in [-0.3, -0.25) is 4.57 Å². The predicted molar refractivity (Wildman–Crippen MR) is 136 cm³/mol. The fourth-order valence-corrected chi connectivity index (χ4v) is 4.10. The number of carbonyl (C=O) groups is 1. The number of amides is 1. The number of rotatable bonds is 11. The molecule has 1 unspecified atom stereocenters. The summed E-state index contributed by atoms with van der Waals surface area (Å²) >= 11 is 0. The Morgan fingerprint density at radius 1 is 1.14 bits per heavy atom. The van der Waals surface area contributed by atoms with Crippen LogP contribution in [0.4, 0.5) is 10.5 Å². The molecule has 3 heterocycles. The highest BCUT2D eigenvalue weighted by Gasteiger charge is 2.20. The molecule has 11 nitrogen and oxygen atoms in total. The van der Waals surface area contributed by atoms with E-state index in [4.69, 9.17) is 14.2 Å². The Morgan fingerprint density at radius 3 is 2.72 bits per heavy atom. The lowest BCUT2D eigenvalue weighted by Crippen LogP contribution is -2.33. The highest BCUT2D eigenvalue weighted by Crippen LogP contribution is 2.31. The third-order valence-corrected chi connectivity index (χ3v) is 5.79. The van der Waals surface area contributed by atoms with Crippen LogP contribution in [0.2, 0.25) is 0 Å². The van der Waals surface area contributed by atoms with Gasteiger partial charge in [0.25, 0.3) is 0 Å². The molecular weight excluding hydrogens is 462 g/mol. The second-order valence-corrected chi connectivity index (χ2v) is 9.88. The number of carbonyl (C=O) groups excluding carboxylic acids is 1. The summed E-state index contributed by atoms with van der Waals surface area (Å²) in [5.74, 6) is 0. The number of anilines is 1. The number of nitrogens with one attached hydrogen (secondary N) is 2. The first-order chi connectivity index (χ1) is 17.4. The minimum atomic E-state index is -0.483. The van der Waals surface area contributed by atoms with Crippen LogP contribution in [-0.2, 0) is 14.2 Å². The van der Waals surface area contributed by atoms with Crippen molar-refractivity contribution in [3.8, 4) is 5.69 Å². The molecule has 11 heteroatoms. The molecule has 1 fully saturated rings. The van der Waals surface area contributed by atoms with Crippen molar-refractivity contribution < 1.29 is 19.0 Å². The van der Waals surface area contributed by atoms with Crippen LogP contribution in [0.5, 0.6) is 0 Å². The number of hydrogen-bond acceptors (Lipinski definition) is 8. The van der Waals surface area contributed by atoms with E-state index in [-0.39, 0.29) is 12.3 Å². The number of aromatic nitrogens is 5. The summed E-state index contributed by atoms with van der Waals surface area (Å²) in [6, 6.07) is 4.17. The summed E-state index contributed by atoms with van der Waals surface area (Å²) < 4.78 is 20.9. The van der Waals surface area contributed by atoms with Crippen molar-refractivity contribution in [2.45, 2.75) is 64.7 Å². The highest BCUT2D eigenvalue weighted by atomic mass is 16.6. The molecule has 196 valence electrons. The van der Waals surface area contributed by atoms with E-state index < -0.39 is 5.60 Å². The van der Waals surface area contributed by atoms with Crippen LogP contribution in [0, 0.1) is 0 Å². The molecule has 0 aliphatic carbocycles. The highest BCUT2D eigenvalue weighted by molar-refractivity contribution is 5.93. The Balaban J connectivity index is 1.28. The van der Waals surface area contributed by atoms with E-state index in [0.717, 1.165) is 61.0 Å². The summed E-state index contributed by atoms with van der Waals surface area (Å²) in [6.45, 7) is 8.73. The van der Waals surface area contributed by atoms with Crippen molar-refractivity contribution in [2.24, 2.45) is 0 Å². The van der Waals surface area contributed by atoms with Gasteiger partial charge in [0.1, 0.15) is 18.3 Å². The van der Waals surface area contributed by atoms with Crippen LogP contribution >= 0.6 is 0 Å². The molecule has 0 saturated carbocycles. The largest absolute Gasteiger partial charge is 0.444 e. The average Bonchev–Trinajstić information content (AvgIpc) is 3.53. The summed E-state index contributed by atoms with van der Waals surface area (Å²) in [6.07, 6.45) is 9.70. The molecule has 2 N–H and O–H groups in total. The van der Waals surface area contributed by atoms with Gasteiger partial charge in [0.05, 0.1) is 24.0 Å². The lowest BCUT2D eigenvalue weighted by molar-refractivity contribution is -0.0366. The van der Waals surface area contributed by atoms with Gasteiger partial charge in [0.2, 0.25) is 0 Å². The number of unbranched alkanes of at least 4 members (excludes halogenated alkanes) is 1. The topological polar surface area (TPSA) is 117 Å². The Kier molecular flexibility index (Phi) is 8.76. The van der Waals surface area contributed by atoms with Gasteiger partial charge in [-0.1, -0.05) is 0 Å². The quantitative estimate of drug-likeness (QED) is 0.380. The molecule has 1 aliphatic heterocycles. The van der Waals surface area contributed by atoms with Crippen molar-refractivity contribution >= 4 is 22.7 Å². The van der Waals surface area contributed by atoms with E-state index in [0.29, 0.717) is 26.3 Å². The van der Waals surface area contributed by atoms with E-state index in [9.17, 15) is 4.79 Å². The maximum Gasteiger partial charge on any atom is 0.407 e. The maximum absolute atomic E-state index is 11.7. The van der Waals surface area contributed by atoms with E-state index in [1.807, 2.05) is 36.2 Å². The molecule has 1 aromatic carbocycles. The molecule has 0 bridgehead atoms. The van der Waals surface area contributed by atoms with E-state index in [2.05, 4.69) is 38.1 Å². The zero-order chi connectivity index (χ0) is 25.4. The average molecular weight is 500 g/mol. The van der Waals surface area contributed by atoms with Crippen LogP contribution in [0.1, 0.15) is 59.1 Å². The van der Waals surface area contributed by atoms with Crippen LogP contribution < -0.4 is 10.6 Å². The third kappa shape index (κ3) is 7.17. The molecule has 36 heavy (non-hydrogen) atoms. The van der Waals surface area contributed by atoms with E-state index in [1.165, 1.54) is 0 Å². The Hall–Kier alpha value is -3.18. The first kappa shape index (κ1) is 25.9. The van der Waals surface area contributed by atoms with Crippen molar-refractivity contribution in [3.05, 3.63) is 31.0 Å². The van der Waals surface area contributed by atoms with E-state index in [1.54, 1.807) is 12.7 Å². The smallest absolute Gasteiger partial charge is 0.407 e. The van der Waals surface area contributed by atoms with E-state index >= 15 is 0 Å². The zero-order valence-corrected chi connectivity index (χ0v) is 21.4. The number of ether oxygens (including phenoxy) is 3. The minimum Gasteiger partial charge on any atom is -0.444 e. The molecule has 1 aliphatic rings. The number of hydrogen-bond donors (Lipinski definition) is 2. The molecular formula is C25H37N7O4. The summed E-state index contributed by atoms with van der Waals surface area (Å²) in [7, 11) is 0. The molecule has 4 rings (SSSR count). The van der Waals surface area contributed by atoms with Crippen LogP contribution in [0.3, 0.4) is 0 Å². The van der Waals surface area contributed by atoms with Crippen molar-refractivity contribution in [2.75, 3.05) is 38.2 Å². The molecule has 0 radical (unpaired) electrons. The lowest BCUT2D eigenvalue weighted by atomic mass is 10.1. The van der Waals surface area contributed by atoms with Gasteiger partial charge in [0.15, 0.2) is 6.23 Å². The second-order valence-electron chi connectivity index (χ2n) is 9.88. The molecule has 1 amide bonds. The standard InChI is InChI=1S/C25H37N7O4/c1-25(2,3)36-24(33)27-9-5-7-11-34-13-10-26-21-14-19(31-17-28-29-18-31)15-22-20(21)16-30-32(22)23-8-4-6-12-35-23/h14-18,23,26H,4-13H2,1-3H3,(H,27,33). The predicted octanol–water partition coefficient (Wildman–Crippen LogP) is 4.05. The minimum absolute atomic E-state index is 0.0478. The first-order valence-corrected chi connectivity index (χ1v) is 12.7. The van der Waals surface area contributed by atoms with Gasteiger partial charge in [-0.05, 0) is 65.0 Å². The molecule has 2 aromatic heterocycles. The number of nitrogens with zero attached hydrogens (tertiary/aromatic N) is 5. The van der Waals surface area contributed by atoms with Gasteiger partial charge in [-0.25, -0.2) is 9.48 Å². The van der Waals surface area contributed by atoms with Gasteiger partial charge in [0, 0.05) is 37.4 Å². The zero-order valence-electron chi connectivity index (χ0n) is 21.4. The number of alkyl carbamates (subject to hydrolysis) is 1. The normalized spacial score (nSPS) is 16.2. The van der Waals surface area contributed by atoms with Gasteiger partial charge < -0.3 is 24.8 Å². The van der Waals surface area contributed by atoms with Crippen LogP contribution in [0.25, 0.3) is 16.6 Å². The SMILES string of the molecule is CC(C)(C)OC(=O)NCCCCOCCNc1cc(-n2cnnc2)cc2c1cnn2C1CCCCO1. The number of fused-ring (bicyclic) bond motifs is 1. The molecule has 1 atom stereocenters. The second kappa shape index (κ2) is 12.2. The lowest BCUT2D eigenvalue weighted by Gasteiger charge is -2.23. The van der Waals surface area contributed by atoms with Gasteiger partial charge in [-0.15, -0.1) is 10.2 Å². The third-order valence-electron chi connectivity index (χ3n) is 5.79. The number of benzene rings is 1. The van der Waals surface area contributed by atoms with Crippen LogP contribution in [-0.4, -0.2) is 69.1 Å². The van der Waals surface area contributed by atoms with Gasteiger partial charge >= 0.3 is 6.09 Å². The van der Waals surface area contributed by atoms with Crippen molar-refractivity contribution in [1.29, 1.82) is 0 Å².